The van der Waals surface area contributed by atoms with E-state index in [0.29, 0.717) is 28.6 Å². The first-order chi connectivity index (χ1) is 10.5. The predicted octanol–water partition coefficient (Wildman–Crippen LogP) is 3.23. The molecule has 0 bridgehead atoms. The number of aromatic nitrogens is 1. The van der Waals surface area contributed by atoms with Crippen molar-refractivity contribution in [2.24, 2.45) is 0 Å². The Morgan fingerprint density at radius 3 is 2.55 bits per heavy atom. The summed E-state index contributed by atoms with van der Waals surface area (Å²) in [4.78, 5) is 19.4. The van der Waals surface area contributed by atoms with Gasteiger partial charge in [-0.15, -0.1) is 11.3 Å². The summed E-state index contributed by atoms with van der Waals surface area (Å²) in [6.07, 6.45) is 0. The number of aryl methyl sites for hydroxylation is 1. The molecule has 118 valence electrons. The smallest absolute Gasteiger partial charge is 0.265 e. The van der Waals surface area contributed by atoms with Crippen LogP contribution in [-0.2, 0) is 0 Å². The first kappa shape index (κ1) is 16.3. The number of amides is 1. The molecular weight excluding hydrogens is 300 g/mol. The third-order valence-electron chi connectivity index (χ3n) is 3.41. The highest BCUT2D eigenvalue weighted by Gasteiger charge is 2.21. The molecule has 0 aliphatic carbocycles. The number of carbonyl (C=O) groups excluding carboxylic acids is 1. The van der Waals surface area contributed by atoms with E-state index in [1.165, 1.54) is 11.3 Å². The Morgan fingerprint density at radius 2 is 1.95 bits per heavy atom. The molecule has 0 aliphatic rings. The number of ether oxygens (including phenoxy) is 2. The minimum atomic E-state index is -0.0158. The second-order valence-corrected chi connectivity index (χ2v) is 6.00. The lowest BCUT2D eigenvalue weighted by molar-refractivity contribution is 0.0807. The van der Waals surface area contributed by atoms with Gasteiger partial charge in [-0.3, -0.25) is 4.79 Å². The van der Waals surface area contributed by atoms with Crippen LogP contribution in [0.25, 0.3) is 11.3 Å². The molecule has 0 saturated carbocycles. The van der Waals surface area contributed by atoms with E-state index in [1.807, 2.05) is 32.0 Å². The normalized spacial score (nSPS) is 10.4. The standard InChI is InChI=1S/C16H20N2O3S/c1-6-18(3)16(19)15-14(17-10(2)22-15)11-7-8-12(20-4)13(9-11)21-5/h7-9H,6H2,1-5H3. The highest BCUT2D eigenvalue weighted by atomic mass is 32.1. The van der Waals surface area contributed by atoms with Gasteiger partial charge in [0.15, 0.2) is 11.5 Å². The van der Waals surface area contributed by atoms with Crippen LogP contribution < -0.4 is 9.47 Å². The van der Waals surface area contributed by atoms with Crippen LogP contribution in [0.4, 0.5) is 0 Å². The Labute approximate surface area is 134 Å². The molecule has 0 radical (unpaired) electrons. The van der Waals surface area contributed by atoms with E-state index in [0.717, 1.165) is 10.6 Å². The zero-order valence-corrected chi connectivity index (χ0v) is 14.3. The van der Waals surface area contributed by atoms with E-state index in [-0.39, 0.29) is 5.91 Å². The monoisotopic (exact) mass is 320 g/mol. The molecule has 0 unspecified atom stereocenters. The molecular formula is C16H20N2O3S. The lowest BCUT2D eigenvalue weighted by Gasteiger charge is -2.14. The van der Waals surface area contributed by atoms with Crippen LogP contribution in [0.5, 0.6) is 11.5 Å². The topological polar surface area (TPSA) is 51.7 Å². The predicted molar refractivity (Wildman–Crippen MR) is 88.0 cm³/mol. The number of hydrogen-bond acceptors (Lipinski definition) is 5. The van der Waals surface area contributed by atoms with Crippen molar-refractivity contribution in [1.82, 2.24) is 9.88 Å². The van der Waals surface area contributed by atoms with Crippen molar-refractivity contribution in [3.63, 3.8) is 0 Å². The average molecular weight is 320 g/mol. The molecule has 1 heterocycles. The maximum atomic E-state index is 12.5. The van der Waals surface area contributed by atoms with Crippen LogP contribution in [0, 0.1) is 6.92 Å². The first-order valence-electron chi connectivity index (χ1n) is 6.97. The molecule has 1 aromatic carbocycles. The van der Waals surface area contributed by atoms with Gasteiger partial charge in [-0.25, -0.2) is 4.98 Å². The quantitative estimate of drug-likeness (QED) is 0.849. The van der Waals surface area contributed by atoms with E-state index in [9.17, 15) is 4.79 Å². The van der Waals surface area contributed by atoms with Crippen LogP contribution in [-0.4, -0.2) is 43.6 Å². The van der Waals surface area contributed by atoms with Gasteiger partial charge in [-0.2, -0.15) is 0 Å². The Kier molecular flexibility index (Phi) is 5.03. The summed E-state index contributed by atoms with van der Waals surface area (Å²) in [5.74, 6) is 1.25. The number of methoxy groups -OCH3 is 2. The molecule has 0 aliphatic heterocycles. The van der Waals surface area contributed by atoms with E-state index >= 15 is 0 Å². The SMILES string of the molecule is CCN(C)C(=O)c1sc(C)nc1-c1ccc(OC)c(OC)c1. The Hall–Kier alpha value is -2.08. The summed E-state index contributed by atoms with van der Waals surface area (Å²) in [6, 6.07) is 5.55. The fourth-order valence-electron chi connectivity index (χ4n) is 2.07. The fraction of sp³-hybridized carbons (Fsp3) is 0.375. The summed E-state index contributed by atoms with van der Waals surface area (Å²) in [7, 11) is 4.97. The number of nitrogens with zero attached hydrogens (tertiary/aromatic N) is 2. The largest absolute Gasteiger partial charge is 0.493 e. The number of thiazole rings is 1. The molecule has 1 aromatic heterocycles. The zero-order valence-electron chi connectivity index (χ0n) is 13.5. The van der Waals surface area contributed by atoms with Gasteiger partial charge in [0.05, 0.1) is 24.9 Å². The van der Waals surface area contributed by atoms with Crippen LogP contribution in [0.2, 0.25) is 0 Å². The van der Waals surface area contributed by atoms with Gasteiger partial charge < -0.3 is 14.4 Å². The lowest BCUT2D eigenvalue weighted by Crippen LogP contribution is -2.25. The molecule has 6 heteroatoms. The summed E-state index contributed by atoms with van der Waals surface area (Å²) >= 11 is 1.41. The summed E-state index contributed by atoms with van der Waals surface area (Å²) < 4.78 is 10.6. The second kappa shape index (κ2) is 6.79. The van der Waals surface area contributed by atoms with E-state index < -0.39 is 0 Å². The van der Waals surface area contributed by atoms with Crippen molar-refractivity contribution in [3.05, 3.63) is 28.1 Å². The van der Waals surface area contributed by atoms with Crippen molar-refractivity contribution in [3.8, 4) is 22.8 Å². The van der Waals surface area contributed by atoms with Crippen LogP contribution in [0.15, 0.2) is 18.2 Å². The van der Waals surface area contributed by atoms with Gasteiger partial charge in [0, 0.05) is 19.2 Å². The maximum Gasteiger partial charge on any atom is 0.265 e. The van der Waals surface area contributed by atoms with Crippen molar-refractivity contribution in [2.45, 2.75) is 13.8 Å². The number of benzene rings is 1. The molecule has 22 heavy (non-hydrogen) atoms. The van der Waals surface area contributed by atoms with Crippen molar-refractivity contribution in [1.29, 1.82) is 0 Å². The molecule has 0 fully saturated rings. The summed E-state index contributed by atoms with van der Waals surface area (Å²) in [5.41, 5.74) is 1.53. The molecule has 0 N–H and O–H groups in total. The van der Waals surface area contributed by atoms with Gasteiger partial charge in [0.2, 0.25) is 0 Å². The molecule has 5 nitrogen and oxygen atoms in total. The number of carbonyl (C=O) groups is 1. The van der Waals surface area contributed by atoms with Gasteiger partial charge in [0.1, 0.15) is 4.88 Å². The van der Waals surface area contributed by atoms with Gasteiger partial charge in [0.25, 0.3) is 5.91 Å². The molecule has 2 aromatic rings. The molecule has 0 spiro atoms. The van der Waals surface area contributed by atoms with Crippen LogP contribution >= 0.6 is 11.3 Å². The third-order valence-corrected chi connectivity index (χ3v) is 4.37. The van der Waals surface area contributed by atoms with E-state index in [1.54, 1.807) is 26.2 Å². The van der Waals surface area contributed by atoms with Gasteiger partial charge in [-0.05, 0) is 32.0 Å². The molecule has 0 saturated heterocycles. The molecule has 1 amide bonds. The molecule has 2 rings (SSSR count). The Morgan fingerprint density at radius 1 is 1.27 bits per heavy atom. The third kappa shape index (κ3) is 3.06. The zero-order chi connectivity index (χ0) is 16.3. The first-order valence-corrected chi connectivity index (χ1v) is 7.78. The van der Waals surface area contributed by atoms with Gasteiger partial charge in [-0.1, -0.05) is 0 Å². The summed E-state index contributed by atoms with van der Waals surface area (Å²) in [5, 5.41) is 0.859. The number of rotatable bonds is 5. The Bertz CT molecular complexity index is 682. The highest BCUT2D eigenvalue weighted by molar-refractivity contribution is 7.14. The second-order valence-electron chi connectivity index (χ2n) is 4.80. The highest BCUT2D eigenvalue weighted by Crippen LogP contribution is 2.35. The van der Waals surface area contributed by atoms with Crippen molar-refractivity contribution < 1.29 is 14.3 Å². The fourth-order valence-corrected chi connectivity index (χ4v) is 3.00. The van der Waals surface area contributed by atoms with Gasteiger partial charge >= 0.3 is 0 Å². The summed E-state index contributed by atoms with van der Waals surface area (Å²) in [6.45, 7) is 4.50. The van der Waals surface area contributed by atoms with Crippen LogP contribution in [0.1, 0.15) is 21.6 Å². The van der Waals surface area contributed by atoms with E-state index in [2.05, 4.69) is 4.98 Å². The number of hydrogen-bond donors (Lipinski definition) is 0. The average Bonchev–Trinajstić information content (AvgIpc) is 2.94. The van der Waals surface area contributed by atoms with Crippen LogP contribution in [0.3, 0.4) is 0 Å². The lowest BCUT2D eigenvalue weighted by atomic mass is 10.1. The minimum absolute atomic E-state index is 0.0158. The maximum absolute atomic E-state index is 12.5. The van der Waals surface area contributed by atoms with E-state index in [4.69, 9.17) is 9.47 Å². The van der Waals surface area contributed by atoms with Crippen molar-refractivity contribution in [2.75, 3.05) is 27.8 Å². The van der Waals surface area contributed by atoms with Crippen molar-refractivity contribution >= 4 is 17.2 Å². The molecule has 0 atom stereocenters. The minimum Gasteiger partial charge on any atom is -0.493 e. The Balaban J connectivity index is 2.51.